The summed E-state index contributed by atoms with van der Waals surface area (Å²) in [6.07, 6.45) is -1.56. The van der Waals surface area contributed by atoms with Crippen LogP contribution in [0.1, 0.15) is 72.5 Å². The van der Waals surface area contributed by atoms with Crippen LogP contribution < -0.4 is 15.5 Å². The van der Waals surface area contributed by atoms with Gasteiger partial charge in [0.15, 0.2) is 11.3 Å². The summed E-state index contributed by atoms with van der Waals surface area (Å²) in [6.45, 7) is 3.01. The number of ether oxygens (including phenoxy) is 4. The van der Waals surface area contributed by atoms with E-state index in [4.69, 9.17) is 33.6 Å². The molecule has 3 N–H and O–H groups in total. The van der Waals surface area contributed by atoms with E-state index in [1.165, 1.54) is 36.6 Å². The van der Waals surface area contributed by atoms with Gasteiger partial charge in [0.1, 0.15) is 29.4 Å². The number of pyridine rings is 1. The maximum absolute atomic E-state index is 14.3. The van der Waals surface area contributed by atoms with Gasteiger partial charge in [-0.2, -0.15) is 0 Å². The molecule has 1 fully saturated rings. The lowest BCUT2D eigenvalue weighted by molar-refractivity contribution is -0.0659. The summed E-state index contributed by atoms with van der Waals surface area (Å²) in [7, 11) is -3.47. The molecule has 5 rings (SSSR count). The quantitative estimate of drug-likeness (QED) is 0.183. The molecule has 3 aliphatic heterocycles. The fourth-order valence-electron chi connectivity index (χ4n) is 5.97. The van der Waals surface area contributed by atoms with Gasteiger partial charge in [0.05, 0.1) is 19.6 Å². The van der Waals surface area contributed by atoms with E-state index in [2.05, 4.69) is 15.0 Å². The molecular formula is C30H35F2N4O13P. The van der Waals surface area contributed by atoms with Crippen LogP contribution in [-0.4, -0.2) is 87.4 Å². The van der Waals surface area contributed by atoms with Gasteiger partial charge < -0.3 is 48.4 Å². The summed E-state index contributed by atoms with van der Waals surface area (Å²) < 4.78 is 65.5. The van der Waals surface area contributed by atoms with Crippen molar-refractivity contribution in [1.29, 1.82) is 0 Å². The van der Waals surface area contributed by atoms with Gasteiger partial charge in [0, 0.05) is 37.0 Å². The molecule has 3 aliphatic rings. The van der Waals surface area contributed by atoms with Crippen molar-refractivity contribution in [3.05, 3.63) is 63.1 Å². The number of hydrogen-bond acceptors (Lipinski definition) is 12. The Kier molecular flexibility index (Phi) is 10.5. The van der Waals surface area contributed by atoms with Gasteiger partial charge in [0.2, 0.25) is 23.9 Å². The smallest absolute Gasteiger partial charge is 0.482 e. The number of halogens is 2. The van der Waals surface area contributed by atoms with E-state index < -0.39 is 91.4 Å². The first kappa shape index (κ1) is 36.7. The summed E-state index contributed by atoms with van der Waals surface area (Å²) in [6, 6.07) is 1.71. The van der Waals surface area contributed by atoms with E-state index in [9.17, 15) is 32.5 Å². The van der Waals surface area contributed by atoms with Crippen LogP contribution in [0, 0.1) is 11.6 Å². The van der Waals surface area contributed by atoms with Crippen molar-refractivity contribution in [3.8, 4) is 5.75 Å². The molecular weight excluding hydrogens is 693 g/mol. The first-order valence-corrected chi connectivity index (χ1v) is 16.9. The van der Waals surface area contributed by atoms with Crippen molar-refractivity contribution in [2.75, 3.05) is 20.4 Å². The molecule has 20 heteroatoms. The maximum Gasteiger partial charge on any atom is 0.511 e. The first-order chi connectivity index (χ1) is 23.5. The zero-order valence-electron chi connectivity index (χ0n) is 27.3. The van der Waals surface area contributed by atoms with Crippen LogP contribution >= 0.6 is 7.82 Å². The minimum Gasteiger partial charge on any atom is -0.482 e. The fourth-order valence-corrected chi connectivity index (χ4v) is 6.57. The molecule has 0 radical (unpaired) electrons. The van der Waals surface area contributed by atoms with E-state index in [0.29, 0.717) is 24.8 Å². The molecule has 0 saturated carbocycles. The number of oxime groups is 1. The van der Waals surface area contributed by atoms with Crippen molar-refractivity contribution < 1.29 is 65.8 Å². The highest BCUT2D eigenvalue weighted by Crippen LogP contribution is 2.46. The fraction of sp³-hybridized carbons (Fsp3) is 0.500. The Morgan fingerprint density at radius 3 is 2.62 bits per heavy atom. The normalized spacial score (nSPS) is 22.4. The molecule has 1 aromatic heterocycles. The van der Waals surface area contributed by atoms with E-state index >= 15 is 0 Å². The van der Waals surface area contributed by atoms with Crippen LogP contribution in [0.15, 0.2) is 34.3 Å². The summed E-state index contributed by atoms with van der Waals surface area (Å²) in [5, 5.41) is 6.48. The first-order valence-electron chi connectivity index (χ1n) is 15.3. The Balaban J connectivity index is 1.48. The van der Waals surface area contributed by atoms with Crippen molar-refractivity contribution in [1.82, 2.24) is 14.8 Å². The van der Waals surface area contributed by atoms with Crippen LogP contribution in [0.4, 0.5) is 13.6 Å². The summed E-state index contributed by atoms with van der Waals surface area (Å²) in [5.41, 5.74) is -3.00. The second-order valence-electron chi connectivity index (χ2n) is 12.0. The highest BCUT2D eigenvalue weighted by Gasteiger charge is 2.55. The zero-order valence-corrected chi connectivity index (χ0v) is 28.2. The Hall–Kier alpha value is -4.58. The average Bonchev–Trinajstić information content (AvgIpc) is 3.42. The highest BCUT2D eigenvalue weighted by atomic mass is 31.2. The summed E-state index contributed by atoms with van der Waals surface area (Å²) >= 11 is 0. The van der Waals surface area contributed by atoms with E-state index in [1.54, 1.807) is 0 Å². The predicted octanol–water partition coefficient (Wildman–Crippen LogP) is 2.73. The number of carbonyl (C=O) groups excluding carboxylic acids is 3. The summed E-state index contributed by atoms with van der Waals surface area (Å²) in [4.78, 5) is 79.2. The van der Waals surface area contributed by atoms with Gasteiger partial charge in [-0.15, -0.1) is 0 Å². The number of fused-ring (bicyclic) bond motifs is 5. The van der Waals surface area contributed by atoms with Crippen molar-refractivity contribution in [2.45, 2.75) is 76.5 Å². The number of methoxy groups -OCH3 is 1. The zero-order chi connectivity index (χ0) is 36.5. The molecule has 1 spiro atoms. The van der Waals surface area contributed by atoms with Gasteiger partial charge in [-0.05, 0) is 39.7 Å². The summed E-state index contributed by atoms with van der Waals surface area (Å²) in [5.74, 6) is -3.72. The number of phosphoric acid groups is 1. The lowest BCUT2D eigenvalue weighted by Gasteiger charge is -2.42. The lowest BCUT2D eigenvalue weighted by Crippen LogP contribution is -2.52. The second-order valence-corrected chi connectivity index (χ2v) is 13.2. The van der Waals surface area contributed by atoms with Gasteiger partial charge in [0.25, 0.3) is 11.8 Å². The maximum atomic E-state index is 14.3. The molecule has 2 bridgehead atoms. The molecule has 2 amide bonds. The van der Waals surface area contributed by atoms with Gasteiger partial charge in [-0.3, -0.25) is 18.9 Å². The largest absolute Gasteiger partial charge is 0.511 e. The standard InChI is InChI=1S/C30H35F2N4O13P/c1-15-7-8-30(10-23(44-4)34-49-30)22-13-35(15)28(39)24-26(45-14-46-29(40)47-16(2)17(3)48-50(41,42)43)25(37)20(12-36(22)24)27(38)33-11-18-5-6-19(31)9-21(18)32/h5-6,9,12,15-17,22H,7-8,10-11,13-14H2,1-4H3,(H,33,38)(H2,41,42,43)/t15-,16-,17-,22+,30-/m0/s1. The van der Waals surface area contributed by atoms with Gasteiger partial charge >= 0.3 is 14.0 Å². The third kappa shape index (κ3) is 7.60. The minimum absolute atomic E-state index is 0.0675. The Morgan fingerprint density at radius 2 is 1.96 bits per heavy atom. The number of benzene rings is 1. The number of phosphoric ester groups is 1. The van der Waals surface area contributed by atoms with E-state index in [-0.39, 0.29) is 30.3 Å². The highest BCUT2D eigenvalue weighted by molar-refractivity contribution is 7.46. The van der Waals surface area contributed by atoms with Crippen LogP contribution in [0.5, 0.6) is 5.75 Å². The third-order valence-electron chi connectivity index (χ3n) is 8.83. The van der Waals surface area contributed by atoms with Gasteiger partial charge in [-0.25, -0.2) is 18.1 Å². The van der Waals surface area contributed by atoms with Crippen LogP contribution in [-0.2, 0) is 34.7 Å². The molecule has 17 nitrogen and oxygen atoms in total. The Labute approximate surface area is 283 Å². The molecule has 1 saturated heterocycles. The number of amides is 2. The van der Waals surface area contributed by atoms with Crippen LogP contribution in [0.2, 0.25) is 0 Å². The number of rotatable bonds is 10. The molecule has 50 heavy (non-hydrogen) atoms. The SMILES string of the molecule is COC1=NO[C@@]2(CC[C@H](C)N3C[C@H]2n2cc(C(=O)NCc4ccc(F)cc4F)c(=O)c(OCOC(=O)O[C@@H](C)[C@H](C)OP(=O)(O)O)c2C3=O)C1. The predicted molar refractivity (Wildman–Crippen MR) is 165 cm³/mol. The van der Waals surface area contributed by atoms with E-state index in [1.807, 2.05) is 6.92 Å². The lowest BCUT2D eigenvalue weighted by atomic mass is 9.85. The molecule has 2 aromatic rings. The van der Waals surface area contributed by atoms with Crippen molar-refractivity contribution in [2.24, 2.45) is 5.16 Å². The van der Waals surface area contributed by atoms with Crippen LogP contribution in [0.25, 0.3) is 0 Å². The Morgan fingerprint density at radius 1 is 1.22 bits per heavy atom. The molecule has 1 aromatic carbocycles. The number of aromatic nitrogens is 1. The minimum atomic E-state index is -4.89. The molecule has 272 valence electrons. The van der Waals surface area contributed by atoms with Crippen molar-refractivity contribution in [3.63, 3.8) is 0 Å². The number of hydrogen-bond donors (Lipinski definition) is 3. The van der Waals surface area contributed by atoms with E-state index in [0.717, 1.165) is 12.1 Å². The van der Waals surface area contributed by atoms with Gasteiger partial charge in [-0.1, -0.05) is 11.2 Å². The molecule has 4 heterocycles. The Bertz CT molecular complexity index is 1820. The third-order valence-corrected chi connectivity index (χ3v) is 9.43. The number of nitrogens with one attached hydrogen (secondary N) is 1. The molecule has 0 aliphatic carbocycles. The number of nitrogens with zero attached hydrogens (tertiary/aromatic N) is 3. The van der Waals surface area contributed by atoms with Crippen molar-refractivity contribution >= 4 is 31.7 Å². The van der Waals surface area contributed by atoms with Crippen LogP contribution in [0.3, 0.4) is 0 Å². The number of carbonyl (C=O) groups is 3. The second kappa shape index (κ2) is 14.3. The topological polar surface area (TPSA) is 214 Å². The molecule has 0 unspecified atom stereocenters. The average molecular weight is 729 g/mol. The molecule has 5 atom stereocenters. The monoisotopic (exact) mass is 728 g/mol.